The van der Waals surface area contributed by atoms with Crippen molar-refractivity contribution in [1.82, 2.24) is 15.5 Å². The maximum Gasteiger partial charge on any atom is 0.318 e. The van der Waals surface area contributed by atoms with E-state index in [2.05, 4.69) is 23.2 Å². The van der Waals surface area contributed by atoms with Crippen molar-refractivity contribution < 1.29 is 14.0 Å². The number of thioether (sulfide) groups is 1. The lowest BCUT2D eigenvalue weighted by Gasteiger charge is -2.16. The molecular weight excluding hydrogens is 348 g/mol. The Bertz CT molecular complexity index is 771. The average Bonchev–Trinajstić information content (AvgIpc) is 3.12. The number of carbonyl (C=O) groups is 2. The molecule has 3 rings (SSSR count). The first-order chi connectivity index (χ1) is 11.4. The molecule has 128 valence electrons. The van der Waals surface area contributed by atoms with Gasteiger partial charge in [-0.25, -0.2) is 4.79 Å². The van der Waals surface area contributed by atoms with Crippen LogP contribution in [0.25, 0.3) is 10.8 Å². The highest BCUT2D eigenvalue weighted by Gasteiger charge is 2.23. The zero-order chi connectivity index (χ0) is 17.3. The van der Waals surface area contributed by atoms with Crippen LogP contribution in [-0.4, -0.2) is 27.4 Å². The van der Waals surface area contributed by atoms with E-state index in [1.807, 2.05) is 5.32 Å². The van der Waals surface area contributed by atoms with Gasteiger partial charge < -0.3 is 10.2 Å². The van der Waals surface area contributed by atoms with E-state index in [4.69, 9.17) is 10.2 Å². The van der Waals surface area contributed by atoms with Crippen LogP contribution in [0.1, 0.15) is 30.7 Å². The predicted molar refractivity (Wildman–Crippen MR) is 91.8 cm³/mol. The van der Waals surface area contributed by atoms with Crippen LogP contribution in [0, 0.1) is 5.92 Å². The van der Waals surface area contributed by atoms with Gasteiger partial charge in [-0.05, 0) is 43.7 Å². The van der Waals surface area contributed by atoms with Crippen molar-refractivity contribution in [1.29, 1.82) is 0 Å². The number of hydrogen-bond acceptors (Lipinski definition) is 7. The molecule has 9 heteroatoms. The molecule has 0 unspecified atom stereocenters. The number of rotatable bonds is 4. The fraction of sp³-hybridized carbons (Fsp3) is 0.467. The molecule has 0 bridgehead atoms. The number of hydrogen-bond donors (Lipinski definition) is 2. The van der Waals surface area contributed by atoms with Crippen LogP contribution >= 0.6 is 23.1 Å². The first-order valence-corrected chi connectivity index (χ1v) is 9.34. The van der Waals surface area contributed by atoms with E-state index in [-0.39, 0.29) is 5.22 Å². The highest BCUT2D eigenvalue weighted by molar-refractivity contribution is 8.00. The monoisotopic (exact) mass is 366 g/mol. The zero-order valence-electron chi connectivity index (χ0n) is 13.4. The summed E-state index contributed by atoms with van der Waals surface area (Å²) in [6.45, 7) is 3.90. The first-order valence-electron chi connectivity index (χ1n) is 7.64. The minimum Gasteiger partial charge on any atom is -0.410 e. The quantitative estimate of drug-likeness (QED) is 0.805. The maximum absolute atomic E-state index is 11.7. The third-order valence-corrected chi connectivity index (χ3v) is 6.00. The lowest BCUT2D eigenvalue weighted by Crippen LogP contribution is -2.39. The summed E-state index contributed by atoms with van der Waals surface area (Å²) in [5, 5.41) is 9.80. The number of thiophene rings is 1. The second kappa shape index (κ2) is 6.94. The zero-order valence-corrected chi connectivity index (χ0v) is 15.0. The summed E-state index contributed by atoms with van der Waals surface area (Å²) in [7, 11) is 0. The fourth-order valence-corrected chi connectivity index (χ4v) is 4.41. The van der Waals surface area contributed by atoms with E-state index in [1.54, 1.807) is 18.3 Å². The lowest BCUT2D eigenvalue weighted by molar-refractivity contribution is -0.119. The lowest BCUT2D eigenvalue weighted by atomic mass is 9.90. The van der Waals surface area contributed by atoms with Crippen LogP contribution < -0.4 is 11.1 Å². The third-order valence-electron chi connectivity index (χ3n) is 3.84. The SMILES string of the molecule is C[C@@H]1CCc2sc(-c3nnc(S[C@@H](C)C(=O)NC(N)=O)o3)cc2C1. The van der Waals surface area contributed by atoms with Gasteiger partial charge in [-0.3, -0.25) is 10.1 Å². The second-order valence-electron chi connectivity index (χ2n) is 5.89. The largest absolute Gasteiger partial charge is 0.410 e. The Morgan fingerprint density at radius 2 is 2.29 bits per heavy atom. The van der Waals surface area contributed by atoms with Gasteiger partial charge in [-0.1, -0.05) is 18.7 Å². The van der Waals surface area contributed by atoms with Crippen LogP contribution in [0.3, 0.4) is 0 Å². The number of aromatic nitrogens is 2. The third kappa shape index (κ3) is 3.78. The Morgan fingerprint density at radius 1 is 1.50 bits per heavy atom. The van der Waals surface area contributed by atoms with Crippen LogP contribution in [-0.2, 0) is 17.6 Å². The summed E-state index contributed by atoms with van der Waals surface area (Å²) in [6.07, 6.45) is 3.40. The van der Waals surface area contributed by atoms with E-state index in [9.17, 15) is 9.59 Å². The summed E-state index contributed by atoms with van der Waals surface area (Å²) in [5.74, 6) is 0.679. The van der Waals surface area contributed by atoms with Crippen molar-refractivity contribution in [2.75, 3.05) is 0 Å². The van der Waals surface area contributed by atoms with Crippen molar-refractivity contribution in [3.63, 3.8) is 0 Å². The van der Waals surface area contributed by atoms with Crippen molar-refractivity contribution in [3.05, 3.63) is 16.5 Å². The van der Waals surface area contributed by atoms with Gasteiger partial charge in [0.25, 0.3) is 11.1 Å². The molecule has 3 amide bonds. The van der Waals surface area contributed by atoms with Crippen molar-refractivity contribution in [2.45, 2.75) is 43.6 Å². The number of nitrogens with two attached hydrogens (primary N) is 1. The van der Waals surface area contributed by atoms with Gasteiger partial charge in [0.05, 0.1) is 10.1 Å². The molecule has 0 aliphatic heterocycles. The second-order valence-corrected chi connectivity index (χ2v) is 8.32. The molecule has 0 radical (unpaired) electrons. The number of amides is 3. The van der Waals surface area contributed by atoms with E-state index in [0.29, 0.717) is 11.8 Å². The van der Waals surface area contributed by atoms with Crippen molar-refractivity contribution in [2.24, 2.45) is 11.7 Å². The molecule has 24 heavy (non-hydrogen) atoms. The number of nitrogens with zero attached hydrogens (tertiary/aromatic N) is 2. The van der Waals surface area contributed by atoms with E-state index < -0.39 is 17.2 Å². The van der Waals surface area contributed by atoms with Gasteiger partial charge in [0.2, 0.25) is 5.91 Å². The minimum atomic E-state index is -0.878. The minimum absolute atomic E-state index is 0.289. The van der Waals surface area contributed by atoms with Crippen molar-refractivity contribution >= 4 is 35.0 Å². The summed E-state index contributed by atoms with van der Waals surface area (Å²) in [4.78, 5) is 24.7. The molecular formula is C15H18N4O3S2. The molecule has 3 N–H and O–H groups in total. The molecule has 1 aliphatic carbocycles. The smallest absolute Gasteiger partial charge is 0.318 e. The standard InChI is InChI=1S/C15H18N4O3S2/c1-7-3-4-10-9(5-7)6-11(24-10)13-18-19-15(22-13)23-8(2)12(20)17-14(16)21/h6-8H,3-5H2,1-2H3,(H3,16,17,20,21)/t7-,8+/m1/s1. The first kappa shape index (κ1) is 17.0. The Hall–Kier alpha value is -1.87. The molecule has 2 heterocycles. The van der Waals surface area contributed by atoms with Gasteiger partial charge in [0.15, 0.2) is 0 Å². The number of nitrogens with one attached hydrogen (secondary N) is 1. The fourth-order valence-electron chi connectivity index (χ4n) is 2.60. The Morgan fingerprint density at radius 3 is 3.04 bits per heavy atom. The predicted octanol–water partition coefficient (Wildman–Crippen LogP) is 2.60. The molecule has 7 nitrogen and oxygen atoms in total. The van der Waals surface area contributed by atoms with Gasteiger partial charge in [0, 0.05) is 4.88 Å². The molecule has 0 spiro atoms. The van der Waals surface area contributed by atoms with Gasteiger partial charge >= 0.3 is 6.03 Å². The summed E-state index contributed by atoms with van der Waals surface area (Å²) in [5.41, 5.74) is 6.30. The van der Waals surface area contributed by atoms with Crippen LogP contribution in [0.5, 0.6) is 0 Å². The molecule has 2 atom stereocenters. The van der Waals surface area contributed by atoms with Crippen LogP contribution in [0.4, 0.5) is 4.79 Å². The van der Waals surface area contributed by atoms with Gasteiger partial charge in [-0.2, -0.15) is 0 Å². The highest BCUT2D eigenvalue weighted by atomic mass is 32.2. The van der Waals surface area contributed by atoms with Crippen LogP contribution in [0.2, 0.25) is 0 Å². The number of carbonyl (C=O) groups excluding carboxylic acids is 2. The maximum atomic E-state index is 11.7. The highest BCUT2D eigenvalue weighted by Crippen LogP contribution is 2.37. The summed E-state index contributed by atoms with van der Waals surface area (Å²) >= 11 is 2.78. The normalized spacial score (nSPS) is 18.0. The molecule has 2 aromatic rings. The van der Waals surface area contributed by atoms with Gasteiger partial charge in [-0.15, -0.1) is 21.5 Å². The molecule has 1 aliphatic rings. The Kier molecular flexibility index (Phi) is 4.91. The Balaban J connectivity index is 1.70. The molecule has 0 fully saturated rings. The summed E-state index contributed by atoms with van der Waals surface area (Å²) in [6, 6.07) is 1.25. The molecule has 0 saturated heterocycles. The number of imide groups is 1. The van der Waals surface area contributed by atoms with E-state index >= 15 is 0 Å². The van der Waals surface area contributed by atoms with Crippen LogP contribution in [0.15, 0.2) is 15.7 Å². The van der Waals surface area contributed by atoms with E-state index in [1.165, 1.54) is 16.9 Å². The molecule has 2 aromatic heterocycles. The Labute approximate surface area is 147 Å². The number of primary amides is 1. The number of urea groups is 1. The van der Waals surface area contributed by atoms with E-state index in [0.717, 1.165) is 29.5 Å². The van der Waals surface area contributed by atoms with Gasteiger partial charge in [0.1, 0.15) is 0 Å². The van der Waals surface area contributed by atoms with Crippen molar-refractivity contribution in [3.8, 4) is 10.8 Å². The number of fused-ring (bicyclic) bond motifs is 1. The molecule has 0 aromatic carbocycles. The average molecular weight is 366 g/mol. The number of aryl methyl sites for hydroxylation is 1. The topological polar surface area (TPSA) is 111 Å². The summed E-state index contributed by atoms with van der Waals surface area (Å²) < 4.78 is 5.66. The molecule has 0 saturated carbocycles.